The molecule has 2 rings (SSSR count). The van der Waals surface area contributed by atoms with Crippen molar-refractivity contribution in [2.24, 2.45) is 0 Å². The van der Waals surface area contributed by atoms with Gasteiger partial charge in [-0.25, -0.2) is 0 Å². The summed E-state index contributed by atoms with van der Waals surface area (Å²) in [6.07, 6.45) is 0. The summed E-state index contributed by atoms with van der Waals surface area (Å²) in [5.74, 6) is 0.708. The van der Waals surface area contributed by atoms with Gasteiger partial charge in [-0.2, -0.15) is 0 Å². The largest absolute Gasteiger partial charge is 0.497 e. The predicted molar refractivity (Wildman–Crippen MR) is 50.1 cm³/mol. The van der Waals surface area contributed by atoms with Gasteiger partial charge in [0.1, 0.15) is 5.75 Å². The lowest BCUT2D eigenvalue weighted by atomic mass is 9.78. The molecule has 3 nitrogen and oxygen atoms in total. The fourth-order valence-electron chi connectivity index (χ4n) is 1.66. The highest BCUT2D eigenvalue weighted by molar-refractivity contribution is 6.62. The van der Waals surface area contributed by atoms with Gasteiger partial charge in [-0.1, -0.05) is 6.07 Å². The molecule has 4 heteroatoms. The molecular formula is C9H11BO3. The Hall–Kier alpha value is -0.995. The van der Waals surface area contributed by atoms with Crippen LogP contribution in [0.1, 0.15) is 11.1 Å². The van der Waals surface area contributed by atoms with Crippen molar-refractivity contribution in [3.8, 4) is 5.75 Å². The van der Waals surface area contributed by atoms with Crippen LogP contribution in [-0.4, -0.2) is 19.3 Å². The van der Waals surface area contributed by atoms with E-state index in [1.807, 2.05) is 19.1 Å². The van der Waals surface area contributed by atoms with Gasteiger partial charge in [0.05, 0.1) is 13.7 Å². The Bertz CT molecular complexity index is 338. The second kappa shape index (κ2) is 3.05. The molecule has 68 valence electrons. The highest BCUT2D eigenvalue weighted by Gasteiger charge is 2.31. The van der Waals surface area contributed by atoms with Gasteiger partial charge in [-0.3, -0.25) is 0 Å². The standard InChI is InChI=1S/C9H11BO3/c1-6-3-7-5-13-10(11)9(7)8(4-6)12-2/h3-4,11H,5H2,1-2H3. The maximum atomic E-state index is 9.48. The number of methoxy groups -OCH3 is 1. The summed E-state index contributed by atoms with van der Waals surface area (Å²) in [5, 5.41) is 9.48. The molecule has 0 atom stereocenters. The number of ether oxygens (including phenoxy) is 1. The summed E-state index contributed by atoms with van der Waals surface area (Å²) < 4.78 is 10.3. The molecule has 0 spiro atoms. The molecule has 0 amide bonds. The van der Waals surface area contributed by atoms with Gasteiger partial charge >= 0.3 is 7.12 Å². The summed E-state index contributed by atoms with van der Waals surface area (Å²) in [4.78, 5) is 0. The molecule has 0 saturated carbocycles. The SMILES string of the molecule is COc1cc(C)cc2c1B(O)OC2. The third-order valence-corrected chi connectivity index (χ3v) is 2.24. The van der Waals surface area contributed by atoms with E-state index in [0.29, 0.717) is 12.4 Å². The molecule has 0 bridgehead atoms. The average Bonchev–Trinajstić information content (AvgIpc) is 2.46. The fraction of sp³-hybridized carbons (Fsp3) is 0.333. The summed E-state index contributed by atoms with van der Waals surface area (Å²) in [7, 11) is 0.769. The van der Waals surface area contributed by atoms with Crippen LogP contribution in [0.25, 0.3) is 0 Å². The third-order valence-electron chi connectivity index (χ3n) is 2.24. The van der Waals surface area contributed by atoms with Crippen molar-refractivity contribution >= 4 is 12.6 Å². The van der Waals surface area contributed by atoms with Crippen molar-refractivity contribution in [2.45, 2.75) is 13.5 Å². The Labute approximate surface area is 77.4 Å². The van der Waals surface area contributed by atoms with E-state index in [0.717, 1.165) is 16.6 Å². The highest BCUT2D eigenvalue weighted by atomic mass is 16.5. The van der Waals surface area contributed by atoms with E-state index in [1.54, 1.807) is 7.11 Å². The zero-order valence-corrected chi connectivity index (χ0v) is 7.70. The van der Waals surface area contributed by atoms with Crippen LogP contribution >= 0.6 is 0 Å². The second-order valence-electron chi connectivity index (χ2n) is 3.20. The van der Waals surface area contributed by atoms with Gasteiger partial charge in [0, 0.05) is 5.46 Å². The van der Waals surface area contributed by atoms with Crippen molar-refractivity contribution in [3.63, 3.8) is 0 Å². The summed E-state index contributed by atoms with van der Waals surface area (Å²) in [6, 6.07) is 3.91. The first kappa shape index (κ1) is 8.60. The normalized spacial score (nSPS) is 14.5. The zero-order valence-electron chi connectivity index (χ0n) is 7.70. The second-order valence-corrected chi connectivity index (χ2v) is 3.20. The Morgan fingerprint density at radius 3 is 3.00 bits per heavy atom. The van der Waals surface area contributed by atoms with Crippen LogP contribution in [0.5, 0.6) is 5.75 Å². The predicted octanol–water partition coefficient (Wildman–Crippen LogP) is 0.221. The molecule has 0 radical (unpaired) electrons. The molecule has 13 heavy (non-hydrogen) atoms. The lowest BCUT2D eigenvalue weighted by molar-refractivity contribution is 0.275. The molecular weight excluding hydrogens is 167 g/mol. The van der Waals surface area contributed by atoms with E-state index in [-0.39, 0.29) is 0 Å². The number of fused-ring (bicyclic) bond motifs is 1. The van der Waals surface area contributed by atoms with Crippen LogP contribution in [0.15, 0.2) is 12.1 Å². The summed E-state index contributed by atoms with van der Waals surface area (Å²) >= 11 is 0. The maximum Gasteiger partial charge on any atom is 0.495 e. The van der Waals surface area contributed by atoms with E-state index in [1.165, 1.54) is 0 Å². The number of hydrogen-bond donors (Lipinski definition) is 1. The first-order valence-corrected chi connectivity index (χ1v) is 4.19. The number of hydrogen-bond acceptors (Lipinski definition) is 3. The van der Waals surface area contributed by atoms with E-state index in [9.17, 15) is 5.02 Å². The first-order chi connectivity index (χ1) is 6.22. The van der Waals surface area contributed by atoms with Crippen LogP contribution in [-0.2, 0) is 11.3 Å². The molecule has 1 heterocycles. The van der Waals surface area contributed by atoms with E-state index in [2.05, 4.69) is 0 Å². The van der Waals surface area contributed by atoms with Crippen molar-refractivity contribution in [3.05, 3.63) is 23.3 Å². The van der Waals surface area contributed by atoms with Crippen LogP contribution in [0.3, 0.4) is 0 Å². The molecule has 1 aromatic rings. The molecule has 1 aliphatic heterocycles. The van der Waals surface area contributed by atoms with Crippen LogP contribution in [0, 0.1) is 6.92 Å². The lowest BCUT2D eigenvalue weighted by Crippen LogP contribution is -2.29. The number of aryl methyl sites for hydroxylation is 1. The van der Waals surface area contributed by atoms with E-state index in [4.69, 9.17) is 9.39 Å². The lowest BCUT2D eigenvalue weighted by Gasteiger charge is -2.07. The van der Waals surface area contributed by atoms with Gasteiger partial charge in [-0.05, 0) is 24.1 Å². The molecule has 1 N–H and O–H groups in total. The third kappa shape index (κ3) is 1.32. The topological polar surface area (TPSA) is 38.7 Å². The molecule has 0 aromatic heterocycles. The minimum absolute atomic E-state index is 0.467. The van der Waals surface area contributed by atoms with Gasteiger partial charge in [0.15, 0.2) is 0 Å². The Kier molecular flexibility index (Phi) is 2.02. The number of rotatable bonds is 1. The monoisotopic (exact) mass is 178 g/mol. The molecule has 0 saturated heterocycles. The van der Waals surface area contributed by atoms with Gasteiger partial charge in [0.25, 0.3) is 0 Å². The highest BCUT2D eigenvalue weighted by Crippen LogP contribution is 2.20. The van der Waals surface area contributed by atoms with Crippen LogP contribution in [0.2, 0.25) is 0 Å². The summed E-state index contributed by atoms with van der Waals surface area (Å²) in [5.41, 5.74) is 2.91. The average molecular weight is 178 g/mol. The molecule has 0 aliphatic carbocycles. The Morgan fingerprint density at radius 2 is 2.31 bits per heavy atom. The summed E-state index contributed by atoms with van der Waals surface area (Å²) in [6.45, 7) is 2.46. The van der Waals surface area contributed by atoms with Crippen molar-refractivity contribution in [2.75, 3.05) is 7.11 Å². The fourth-order valence-corrected chi connectivity index (χ4v) is 1.66. The first-order valence-electron chi connectivity index (χ1n) is 4.19. The minimum atomic E-state index is -0.828. The molecule has 1 aromatic carbocycles. The van der Waals surface area contributed by atoms with Crippen LogP contribution in [0.4, 0.5) is 0 Å². The van der Waals surface area contributed by atoms with E-state index < -0.39 is 7.12 Å². The smallest absolute Gasteiger partial charge is 0.495 e. The maximum absolute atomic E-state index is 9.48. The quantitative estimate of drug-likeness (QED) is 0.625. The van der Waals surface area contributed by atoms with E-state index >= 15 is 0 Å². The molecule has 1 aliphatic rings. The Morgan fingerprint density at radius 1 is 1.54 bits per heavy atom. The number of benzene rings is 1. The molecule has 0 unspecified atom stereocenters. The Balaban J connectivity index is 2.57. The zero-order chi connectivity index (χ0) is 9.42. The van der Waals surface area contributed by atoms with Gasteiger partial charge in [0.2, 0.25) is 0 Å². The van der Waals surface area contributed by atoms with Crippen molar-refractivity contribution in [1.29, 1.82) is 0 Å². The minimum Gasteiger partial charge on any atom is -0.497 e. The van der Waals surface area contributed by atoms with Gasteiger partial charge < -0.3 is 14.4 Å². The van der Waals surface area contributed by atoms with Crippen molar-refractivity contribution in [1.82, 2.24) is 0 Å². The van der Waals surface area contributed by atoms with Crippen LogP contribution < -0.4 is 10.2 Å². The van der Waals surface area contributed by atoms with Crippen molar-refractivity contribution < 1.29 is 14.4 Å². The van der Waals surface area contributed by atoms with Gasteiger partial charge in [-0.15, -0.1) is 0 Å². The molecule has 0 fully saturated rings.